The van der Waals surface area contributed by atoms with Crippen molar-refractivity contribution in [3.63, 3.8) is 0 Å². The maximum Gasteiger partial charge on any atom is 0.472 e. The standard InChI is InChI=1S/C81H130O17P2/c1-5-9-13-17-21-25-29-33-35-36-37-38-40-44-46-50-54-58-62-66-79(84)92-72-77(98-81(86)68-64-60-56-52-48-42-32-28-24-20-16-12-8-4)74-96-100(89,90)94-70-75(82)69-93-99(87,88)95-73-76(97-80(85)67-63-59-55-51-47-41-31-27-23-19-15-11-7-3)71-91-78(83)65-61-57-53-49-45-43-39-34-30-26-22-18-14-10-6-2/h9-10,13-15,19,21-22,25-28,31-35,37-39,44-46,49,54,57-58,61,75-77,82H,5-8,11-12,16-18,20,23-24,29-30,36,40-43,47-48,50-53,55-56,59-60,62-74H2,1-4H3,(H,87,88)(H,89,90)/b13-9-,14-10-,19-15-,25-21-,26-22-,31-27-,32-28-,35-33-,38-37-,39-34-,46-44-,49-45-,58-54-,61-57-. The highest BCUT2D eigenvalue weighted by atomic mass is 31.2. The smallest absolute Gasteiger partial charge is 0.462 e. The normalized spacial score (nSPS) is 14.9. The quantitative estimate of drug-likeness (QED) is 0.0169. The van der Waals surface area contributed by atoms with Crippen molar-refractivity contribution >= 4 is 39.5 Å². The molecule has 0 aromatic carbocycles. The maximum absolute atomic E-state index is 13.1. The molecule has 3 N–H and O–H groups in total. The van der Waals surface area contributed by atoms with Crippen molar-refractivity contribution in [1.82, 2.24) is 0 Å². The monoisotopic (exact) mass is 1440 g/mol. The molecule has 19 heteroatoms. The number of phosphoric acid groups is 2. The number of carbonyl (C=O) groups is 4. The molecule has 566 valence electrons. The average Bonchev–Trinajstić information content (AvgIpc) is 0.935. The molecule has 0 saturated carbocycles. The molecule has 0 radical (unpaired) electrons. The van der Waals surface area contributed by atoms with Gasteiger partial charge in [-0.2, -0.15) is 0 Å². The highest BCUT2D eigenvalue weighted by Gasteiger charge is 2.30. The van der Waals surface area contributed by atoms with Crippen molar-refractivity contribution in [2.75, 3.05) is 39.6 Å². The Hall–Kier alpha value is -5.58. The van der Waals surface area contributed by atoms with E-state index in [1.807, 2.05) is 36.5 Å². The third kappa shape index (κ3) is 70.8. The van der Waals surface area contributed by atoms with Crippen LogP contribution in [0.1, 0.15) is 259 Å². The summed E-state index contributed by atoms with van der Waals surface area (Å²) in [6, 6.07) is 0. The molecule has 5 atom stereocenters. The highest BCUT2D eigenvalue weighted by Crippen LogP contribution is 2.45. The summed E-state index contributed by atoms with van der Waals surface area (Å²) in [5.41, 5.74) is 0. The molecular weight excluding hydrogens is 1310 g/mol. The summed E-state index contributed by atoms with van der Waals surface area (Å²) in [5.74, 6) is -2.46. The van der Waals surface area contributed by atoms with Crippen LogP contribution in [0.15, 0.2) is 170 Å². The second kappa shape index (κ2) is 71.8. The van der Waals surface area contributed by atoms with Gasteiger partial charge in [0, 0.05) is 19.3 Å². The molecule has 0 aromatic rings. The number of rotatable bonds is 68. The van der Waals surface area contributed by atoms with Crippen LogP contribution in [0.4, 0.5) is 0 Å². The van der Waals surface area contributed by atoms with E-state index < -0.39 is 97.5 Å². The summed E-state index contributed by atoms with van der Waals surface area (Å²) in [7, 11) is -10.0. The van der Waals surface area contributed by atoms with Crippen LogP contribution in [0.25, 0.3) is 0 Å². The maximum atomic E-state index is 13.1. The van der Waals surface area contributed by atoms with Crippen molar-refractivity contribution in [3.8, 4) is 0 Å². The Kier molecular flexibility index (Phi) is 67.8. The van der Waals surface area contributed by atoms with E-state index in [1.165, 1.54) is 25.7 Å². The molecule has 0 amide bonds. The molecule has 0 rings (SSSR count). The van der Waals surface area contributed by atoms with E-state index in [-0.39, 0.29) is 25.7 Å². The van der Waals surface area contributed by atoms with E-state index in [9.17, 15) is 43.2 Å². The molecule has 0 spiro atoms. The van der Waals surface area contributed by atoms with Crippen molar-refractivity contribution in [3.05, 3.63) is 170 Å². The molecule has 0 aliphatic carbocycles. The Balaban J connectivity index is 5.49. The summed E-state index contributed by atoms with van der Waals surface area (Å²) in [4.78, 5) is 72.7. The largest absolute Gasteiger partial charge is 0.472 e. The number of aliphatic hydroxyl groups is 1. The van der Waals surface area contributed by atoms with Gasteiger partial charge in [-0.3, -0.25) is 37.3 Å². The van der Waals surface area contributed by atoms with Crippen molar-refractivity contribution in [2.24, 2.45) is 0 Å². The molecular formula is C81H130O17P2. The number of ether oxygens (including phenoxy) is 4. The Labute approximate surface area is 603 Å². The van der Waals surface area contributed by atoms with Gasteiger partial charge in [0.1, 0.15) is 19.3 Å². The number of aliphatic hydroxyl groups excluding tert-OH is 1. The van der Waals surface area contributed by atoms with Gasteiger partial charge in [-0.15, -0.1) is 0 Å². The van der Waals surface area contributed by atoms with E-state index in [1.54, 1.807) is 6.08 Å². The summed E-state index contributed by atoms with van der Waals surface area (Å²) in [5, 5.41) is 10.6. The Morgan fingerprint density at radius 3 is 0.980 bits per heavy atom. The van der Waals surface area contributed by atoms with Gasteiger partial charge in [0.15, 0.2) is 12.2 Å². The van der Waals surface area contributed by atoms with Crippen LogP contribution >= 0.6 is 15.6 Å². The van der Waals surface area contributed by atoms with Crippen LogP contribution < -0.4 is 0 Å². The van der Waals surface area contributed by atoms with Crippen LogP contribution in [0.3, 0.4) is 0 Å². The topological polar surface area (TPSA) is 237 Å². The van der Waals surface area contributed by atoms with Gasteiger partial charge in [0.25, 0.3) is 0 Å². The van der Waals surface area contributed by atoms with Gasteiger partial charge in [0.05, 0.1) is 32.8 Å². The predicted octanol–water partition coefficient (Wildman–Crippen LogP) is 21.4. The minimum atomic E-state index is -5.01. The number of unbranched alkanes of at least 4 members (excludes halogenated alkanes) is 15. The van der Waals surface area contributed by atoms with Gasteiger partial charge in [0.2, 0.25) is 0 Å². The lowest BCUT2D eigenvalue weighted by Gasteiger charge is -2.21. The molecule has 17 nitrogen and oxygen atoms in total. The third-order valence-corrected chi connectivity index (χ3v) is 16.6. The minimum Gasteiger partial charge on any atom is -0.462 e. The molecule has 0 saturated heterocycles. The molecule has 0 aromatic heterocycles. The van der Waals surface area contributed by atoms with Crippen LogP contribution in [-0.4, -0.2) is 96.7 Å². The molecule has 100 heavy (non-hydrogen) atoms. The Bertz CT molecular complexity index is 2570. The first kappa shape index (κ1) is 94.4. The summed E-state index contributed by atoms with van der Waals surface area (Å²) in [6.07, 6.45) is 84.0. The number of allylic oxidation sites excluding steroid dienone is 27. The first-order chi connectivity index (χ1) is 48.7. The van der Waals surface area contributed by atoms with E-state index in [0.29, 0.717) is 32.1 Å². The number of carbonyl (C=O) groups excluding carboxylic acids is 4. The van der Waals surface area contributed by atoms with Crippen LogP contribution in [0, 0.1) is 0 Å². The highest BCUT2D eigenvalue weighted by molar-refractivity contribution is 7.47. The fraction of sp³-hybridized carbons (Fsp3) is 0.605. The van der Waals surface area contributed by atoms with Crippen LogP contribution in [0.5, 0.6) is 0 Å². The van der Waals surface area contributed by atoms with Crippen LogP contribution in [0.2, 0.25) is 0 Å². The van der Waals surface area contributed by atoms with Gasteiger partial charge in [-0.05, 0) is 141 Å². The van der Waals surface area contributed by atoms with E-state index in [2.05, 4.69) is 155 Å². The number of hydrogen-bond acceptors (Lipinski definition) is 15. The number of phosphoric ester groups is 2. The molecule has 5 unspecified atom stereocenters. The van der Waals surface area contributed by atoms with Crippen LogP contribution in [-0.2, 0) is 65.4 Å². The summed E-state index contributed by atoms with van der Waals surface area (Å²) < 4.78 is 68.2. The Morgan fingerprint density at radius 1 is 0.300 bits per heavy atom. The van der Waals surface area contributed by atoms with Crippen molar-refractivity contribution in [2.45, 2.75) is 277 Å². The fourth-order valence-electron chi connectivity index (χ4n) is 9.06. The second-order valence-corrected chi connectivity index (χ2v) is 27.0. The number of esters is 4. The lowest BCUT2D eigenvalue weighted by Crippen LogP contribution is -2.30. The molecule has 0 heterocycles. The Morgan fingerprint density at radius 2 is 0.600 bits per heavy atom. The molecule has 0 aliphatic heterocycles. The first-order valence-corrected chi connectivity index (χ1v) is 40.4. The molecule has 0 aliphatic rings. The number of hydrogen-bond donors (Lipinski definition) is 3. The van der Waals surface area contributed by atoms with E-state index in [4.69, 9.17) is 37.0 Å². The third-order valence-electron chi connectivity index (χ3n) is 14.7. The first-order valence-electron chi connectivity index (χ1n) is 37.4. The van der Waals surface area contributed by atoms with Gasteiger partial charge in [-0.1, -0.05) is 262 Å². The fourth-order valence-corrected chi connectivity index (χ4v) is 10.6. The summed E-state index contributed by atoms with van der Waals surface area (Å²) in [6.45, 7) is 4.30. The zero-order chi connectivity index (χ0) is 73.2. The lowest BCUT2D eigenvalue weighted by molar-refractivity contribution is -0.161. The predicted molar refractivity (Wildman–Crippen MR) is 408 cm³/mol. The van der Waals surface area contributed by atoms with Gasteiger partial charge >= 0.3 is 39.5 Å². The van der Waals surface area contributed by atoms with Crippen molar-refractivity contribution < 1.29 is 80.2 Å². The minimum absolute atomic E-state index is 0.0272. The van der Waals surface area contributed by atoms with Crippen molar-refractivity contribution in [1.29, 1.82) is 0 Å². The van der Waals surface area contributed by atoms with E-state index in [0.717, 1.165) is 148 Å². The zero-order valence-electron chi connectivity index (χ0n) is 61.5. The molecule has 0 bridgehead atoms. The van der Waals surface area contributed by atoms with E-state index >= 15 is 0 Å². The average molecular weight is 1440 g/mol. The van der Waals surface area contributed by atoms with Gasteiger partial charge in [-0.25, -0.2) is 9.13 Å². The van der Waals surface area contributed by atoms with Gasteiger partial charge < -0.3 is 33.8 Å². The second-order valence-electron chi connectivity index (χ2n) is 24.1. The lowest BCUT2D eigenvalue weighted by atomic mass is 10.1. The SMILES string of the molecule is CC/C=C\C/C=C\C/C=C\C/C=C\C/C=C\C/C=C\CCC(=O)OCC(COP(=O)(O)OCC(O)COP(=O)(O)OCC(COC(=O)C/C=C\C/C=C\C/C=C\C/C=C\C/C=C\CC)OC(=O)CCCCCCC/C=C\C/C=C\CCC)OC(=O)CCCCCCC/C=C\CCCCCC. The molecule has 0 fully saturated rings. The summed E-state index contributed by atoms with van der Waals surface area (Å²) >= 11 is 0. The zero-order valence-corrected chi connectivity index (χ0v) is 63.3.